The van der Waals surface area contributed by atoms with Gasteiger partial charge < -0.3 is 19.9 Å². The third kappa shape index (κ3) is 5.90. The Bertz CT molecular complexity index is 698. The number of pyridine rings is 1. The Labute approximate surface area is 170 Å². The SMILES string of the molecule is Cc1nnc(CNC(=NCc2ccccn2)NCC2CCCO2)n1C.I. The van der Waals surface area contributed by atoms with E-state index in [0.717, 1.165) is 49.3 Å². The zero-order valence-electron chi connectivity index (χ0n) is 15.2. The summed E-state index contributed by atoms with van der Waals surface area (Å²) in [7, 11) is 1.96. The van der Waals surface area contributed by atoms with Crippen LogP contribution in [0.2, 0.25) is 0 Å². The first-order chi connectivity index (χ1) is 12.2. The third-order valence-electron chi connectivity index (χ3n) is 4.24. The van der Waals surface area contributed by atoms with Gasteiger partial charge in [0.25, 0.3) is 0 Å². The van der Waals surface area contributed by atoms with Crippen LogP contribution < -0.4 is 10.6 Å². The molecule has 1 atom stereocenters. The topological polar surface area (TPSA) is 89.2 Å². The van der Waals surface area contributed by atoms with Gasteiger partial charge in [-0.1, -0.05) is 6.07 Å². The number of hydrogen-bond donors (Lipinski definition) is 2. The highest BCUT2D eigenvalue weighted by Gasteiger charge is 2.16. The van der Waals surface area contributed by atoms with Crippen molar-refractivity contribution < 1.29 is 4.74 Å². The van der Waals surface area contributed by atoms with Crippen LogP contribution in [-0.4, -0.2) is 45.0 Å². The molecule has 0 amide bonds. The summed E-state index contributed by atoms with van der Waals surface area (Å²) in [6.45, 7) is 4.59. The molecule has 0 saturated carbocycles. The Balaban J connectivity index is 0.00000243. The molecule has 142 valence electrons. The van der Waals surface area contributed by atoms with Gasteiger partial charge >= 0.3 is 0 Å². The Morgan fingerprint density at radius 3 is 2.88 bits per heavy atom. The van der Waals surface area contributed by atoms with E-state index in [1.807, 2.05) is 36.7 Å². The molecule has 1 unspecified atom stereocenters. The zero-order chi connectivity index (χ0) is 17.5. The molecule has 3 heterocycles. The van der Waals surface area contributed by atoms with Crippen LogP contribution in [0.25, 0.3) is 0 Å². The van der Waals surface area contributed by atoms with Crippen molar-refractivity contribution in [1.29, 1.82) is 0 Å². The van der Waals surface area contributed by atoms with Crippen molar-refractivity contribution in [3.63, 3.8) is 0 Å². The normalized spacial score (nSPS) is 17.0. The molecule has 9 heteroatoms. The van der Waals surface area contributed by atoms with E-state index >= 15 is 0 Å². The van der Waals surface area contributed by atoms with Crippen LogP contribution in [-0.2, 0) is 24.9 Å². The van der Waals surface area contributed by atoms with Crippen LogP contribution in [0.4, 0.5) is 0 Å². The van der Waals surface area contributed by atoms with Crippen LogP contribution in [0.15, 0.2) is 29.4 Å². The number of nitrogens with zero attached hydrogens (tertiary/aromatic N) is 5. The molecule has 1 fully saturated rings. The second kappa shape index (κ2) is 10.4. The van der Waals surface area contributed by atoms with Crippen molar-refractivity contribution in [2.75, 3.05) is 13.2 Å². The fourth-order valence-corrected chi connectivity index (χ4v) is 2.61. The number of guanidine groups is 1. The van der Waals surface area contributed by atoms with Gasteiger partial charge in [-0.05, 0) is 31.9 Å². The van der Waals surface area contributed by atoms with Crippen molar-refractivity contribution in [2.24, 2.45) is 12.0 Å². The van der Waals surface area contributed by atoms with E-state index in [0.29, 0.717) is 13.1 Å². The summed E-state index contributed by atoms with van der Waals surface area (Å²) in [5.41, 5.74) is 0.926. The molecule has 1 aliphatic rings. The van der Waals surface area contributed by atoms with Crippen LogP contribution in [0.1, 0.15) is 30.2 Å². The first-order valence-electron chi connectivity index (χ1n) is 8.61. The van der Waals surface area contributed by atoms with Gasteiger partial charge in [0.15, 0.2) is 11.8 Å². The lowest BCUT2D eigenvalue weighted by molar-refractivity contribution is 0.113. The van der Waals surface area contributed by atoms with Crippen molar-refractivity contribution in [3.05, 3.63) is 41.7 Å². The quantitative estimate of drug-likeness (QED) is 0.378. The van der Waals surface area contributed by atoms with Crippen LogP contribution >= 0.6 is 24.0 Å². The predicted octanol–water partition coefficient (Wildman–Crippen LogP) is 1.55. The minimum absolute atomic E-state index is 0. The van der Waals surface area contributed by atoms with E-state index in [2.05, 4.69) is 30.8 Å². The van der Waals surface area contributed by atoms with Crippen molar-refractivity contribution in [1.82, 2.24) is 30.4 Å². The van der Waals surface area contributed by atoms with Crippen molar-refractivity contribution in [2.45, 2.75) is 39.0 Å². The molecule has 0 aliphatic carbocycles. The summed E-state index contributed by atoms with van der Waals surface area (Å²) in [5, 5.41) is 14.9. The van der Waals surface area contributed by atoms with Gasteiger partial charge in [-0.3, -0.25) is 4.98 Å². The number of ether oxygens (including phenoxy) is 1. The summed E-state index contributed by atoms with van der Waals surface area (Å²) in [4.78, 5) is 8.94. The molecule has 2 N–H and O–H groups in total. The first-order valence-corrected chi connectivity index (χ1v) is 8.61. The number of rotatable bonds is 6. The Morgan fingerprint density at radius 1 is 1.35 bits per heavy atom. The second-order valence-electron chi connectivity index (χ2n) is 6.08. The Kier molecular flexibility index (Phi) is 8.23. The minimum atomic E-state index is 0. The molecule has 1 aliphatic heterocycles. The summed E-state index contributed by atoms with van der Waals surface area (Å²) < 4.78 is 7.63. The van der Waals surface area contributed by atoms with Crippen LogP contribution in [0.3, 0.4) is 0 Å². The number of aliphatic imine (C=N–C) groups is 1. The van der Waals surface area contributed by atoms with Gasteiger partial charge in [-0.25, -0.2) is 4.99 Å². The number of halogens is 1. The van der Waals surface area contributed by atoms with Gasteiger partial charge in [0.1, 0.15) is 5.82 Å². The number of nitrogens with one attached hydrogen (secondary N) is 2. The molecule has 0 bridgehead atoms. The highest BCUT2D eigenvalue weighted by Crippen LogP contribution is 2.10. The Hall–Kier alpha value is -1.75. The largest absolute Gasteiger partial charge is 0.376 e. The molecule has 3 rings (SSSR count). The molecular formula is C17H26IN7O. The molecule has 0 spiro atoms. The molecule has 8 nitrogen and oxygen atoms in total. The van der Waals surface area contributed by atoms with Gasteiger partial charge in [0.05, 0.1) is 24.9 Å². The lowest BCUT2D eigenvalue weighted by Crippen LogP contribution is -2.41. The first kappa shape index (κ1) is 20.6. The van der Waals surface area contributed by atoms with E-state index in [9.17, 15) is 0 Å². The molecule has 1 saturated heterocycles. The smallest absolute Gasteiger partial charge is 0.192 e. The van der Waals surface area contributed by atoms with Gasteiger partial charge in [-0.2, -0.15) is 0 Å². The van der Waals surface area contributed by atoms with Crippen molar-refractivity contribution >= 4 is 29.9 Å². The highest BCUT2D eigenvalue weighted by molar-refractivity contribution is 14.0. The maximum absolute atomic E-state index is 5.67. The van der Waals surface area contributed by atoms with Gasteiger partial charge in [-0.15, -0.1) is 34.2 Å². The van der Waals surface area contributed by atoms with Crippen LogP contribution in [0.5, 0.6) is 0 Å². The molecule has 0 aromatic carbocycles. The fourth-order valence-electron chi connectivity index (χ4n) is 2.61. The molecule has 2 aromatic rings. The minimum Gasteiger partial charge on any atom is -0.376 e. The van der Waals surface area contributed by atoms with E-state index in [1.54, 1.807) is 6.20 Å². The van der Waals surface area contributed by atoms with E-state index in [1.165, 1.54) is 0 Å². The van der Waals surface area contributed by atoms with Gasteiger partial charge in [0.2, 0.25) is 0 Å². The lowest BCUT2D eigenvalue weighted by atomic mass is 10.2. The summed E-state index contributed by atoms with van der Waals surface area (Å²) in [5.74, 6) is 2.47. The number of hydrogen-bond acceptors (Lipinski definition) is 5. The van der Waals surface area contributed by atoms with E-state index in [4.69, 9.17) is 4.74 Å². The summed E-state index contributed by atoms with van der Waals surface area (Å²) >= 11 is 0. The van der Waals surface area contributed by atoms with Crippen LogP contribution in [0, 0.1) is 6.92 Å². The zero-order valence-corrected chi connectivity index (χ0v) is 17.5. The maximum atomic E-state index is 5.67. The average Bonchev–Trinajstić information content (AvgIpc) is 3.27. The third-order valence-corrected chi connectivity index (χ3v) is 4.24. The number of aromatic nitrogens is 4. The van der Waals surface area contributed by atoms with Gasteiger partial charge in [0, 0.05) is 26.4 Å². The molecule has 26 heavy (non-hydrogen) atoms. The maximum Gasteiger partial charge on any atom is 0.192 e. The number of aryl methyl sites for hydroxylation is 1. The summed E-state index contributed by atoms with van der Waals surface area (Å²) in [6, 6.07) is 5.83. The average molecular weight is 471 g/mol. The monoisotopic (exact) mass is 471 g/mol. The van der Waals surface area contributed by atoms with Crippen molar-refractivity contribution in [3.8, 4) is 0 Å². The summed E-state index contributed by atoms with van der Waals surface area (Å²) in [6.07, 6.45) is 4.24. The molecule has 0 radical (unpaired) electrons. The highest BCUT2D eigenvalue weighted by atomic mass is 127. The lowest BCUT2D eigenvalue weighted by Gasteiger charge is -2.15. The Morgan fingerprint density at radius 2 is 2.23 bits per heavy atom. The second-order valence-corrected chi connectivity index (χ2v) is 6.08. The van der Waals surface area contributed by atoms with E-state index in [-0.39, 0.29) is 30.1 Å². The molecular weight excluding hydrogens is 445 g/mol. The predicted molar refractivity (Wildman–Crippen MR) is 110 cm³/mol. The molecule has 2 aromatic heterocycles. The fraction of sp³-hybridized carbons (Fsp3) is 0.529. The van der Waals surface area contributed by atoms with E-state index < -0.39 is 0 Å². The standard InChI is InChI=1S/C17H25N7O.HI/c1-13-22-23-16(24(13)2)12-21-17(20-11-15-7-5-9-25-15)19-10-14-6-3-4-8-18-14;/h3-4,6,8,15H,5,7,9-12H2,1-2H3,(H2,19,20,21);1H.